The number of para-hydroxylation sites is 1. The number of carbonyl (C=O) groups excluding carboxylic acids is 1. The molecule has 1 aliphatic rings. The third kappa shape index (κ3) is 1.74. The normalized spacial score (nSPS) is 15.6. The largest absolute Gasteiger partial charge is 0.324 e. The minimum Gasteiger partial charge on any atom is -0.324 e. The van der Waals surface area contributed by atoms with Crippen LogP contribution in [0.15, 0.2) is 48.5 Å². The summed E-state index contributed by atoms with van der Waals surface area (Å²) < 4.78 is 0. The van der Waals surface area contributed by atoms with Gasteiger partial charge in [-0.2, -0.15) is 0 Å². The van der Waals surface area contributed by atoms with Gasteiger partial charge in [-0.25, -0.2) is 0 Å². The molecule has 0 aliphatic carbocycles. The van der Waals surface area contributed by atoms with E-state index in [1.165, 1.54) is 9.75 Å². The molecule has 2 nitrogen and oxygen atoms in total. The van der Waals surface area contributed by atoms with Gasteiger partial charge in [-0.3, -0.25) is 4.79 Å². The van der Waals surface area contributed by atoms with E-state index in [1.807, 2.05) is 18.2 Å². The molecule has 1 amide bonds. The van der Waals surface area contributed by atoms with E-state index < -0.39 is 5.41 Å². The lowest BCUT2D eigenvalue weighted by atomic mass is 9.78. The third-order valence-corrected chi connectivity index (χ3v) is 6.38. The lowest BCUT2D eigenvalue weighted by molar-refractivity contribution is -0.118. The maximum atomic E-state index is 13.1. The number of rotatable bonds is 2. The van der Waals surface area contributed by atoms with Gasteiger partial charge in [0.1, 0.15) is 5.41 Å². The van der Waals surface area contributed by atoms with Crippen LogP contribution in [-0.4, -0.2) is 5.91 Å². The molecule has 22 heavy (non-hydrogen) atoms. The van der Waals surface area contributed by atoms with Crippen LogP contribution in [0.1, 0.15) is 25.1 Å². The number of nitrogens with one attached hydrogen (secondary N) is 1. The van der Waals surface area contributed by atoms with Crippen molar-refractivity contribution in [1.29, 1.82) is 0 Å². The average molecular weight is 325 g/mol. The molecule has 1 N–H and O–H groups in total. The minimum absolute atomic E-state index is 0.0531. The van der Waals surface area contributed by atoms with Crippen molar-refractivity contribution in [2.24, 2.45) is 0 Å². The van der Waals surface area contributed by atoms with Crippen molar-refractivity contribution >= 4 is 34.3 Å². The second-order valence-corrected chi connectivity index (χ2v) is 8.15. The fourth-order valence-electron chi connectivity index (χ4n) is 3.14. The van der Waals surface area contributed by atoms with E-state index in [4.69, 9.17) is 0 Å². The summed E-state index contributed by atoms with van der Waals surface area (Å²) in [5.74, 6) is 0.0531. The van der Waals surface area contributed by atoms with Crippen LogP contribution in [0, 0.1) is 13.8 Å². The van der Waals surface area contributed by atoms with Crippen molar-refractivity contribution in [3.8, 4) is 0 Å². The van der Waals surface area contributed by atoms with Crippen LogP contribution >= 0.6 is 22.7 Å². The zero-order valence-corrected chi connectivity index (χ0v) is 14.0. The van der Waals surface area contributed by atoms with Gasteiger partial charge in [0.15, 0.2) is 0 Å². The molecule has 0 radical (unpaired) electrons. The number of fused-ring (bicyclic) bond motifs is 1. The summed E-state index contributed by atoms with van der Waals surface area (Å²) in [7, 11) is 0. The summed E-state index contributed by atoms with van der Waals surface area (Å²) in [6.07, 6.45) is 0. The van der Waals surface area contributed by atoms with E-state index in [0.29, 0.717) is 0 Å². The Morgan fingerprint density at radius 3 is 2.00 bits per heavy atom. The van der Waals surface area contributed by atoms with Gasteiger partial charge in [0, 0.05) is 30.8 Å². The van der Waals surface area contributed by atoms with Crippen molar-refractivity contribution in [2.45, 2.75) is 19.3 Å². The molecule has 0 bridgehead atoms. The molecule has 1 aliphatic heterocycles. The highest BCUT2D eigenvalue weighted by molar-refractivity contribution is 7.14. The average Bonchev–Trinajstić information content (AvgIpc) is 3.17. The summed E-state index contributed by atoms with van der Waals surface area (Å²) in [5.41, 5.74) is 1.28. The van der Waals surface area contributed by atoms with E-state index in [1.54, 1.807) is 22.7 Å². The number of hydrogen-bond acceptors (Lipinski definition) is 3. The van der Waals surface area contributed by atoms with Crippen molar-refractivity contribution in [2.75, 3.05) is 5.32 Å². The Labute approximate surface area is 137 Å². The number of amides is 1. The van der Waals surface area contributed by atoms with Gasteiger partial charge in [-0.1, -0.05) is 18.2 Å². The summed E-state index contributed by atoms with van der Waals surface area (Å²) in [5, 5.41) is 3.08. The quantitative estimate of drug-likeness (QED) is 0.726. The monoisotopic (exact) mass is 325 g/mol. The lowest BCUT2D eigenvalue weighted by Crippen LogP contribution is -2.35. The Morgan fingerprint density at radius 2 is 1.45 bits per heavy atom. The van der Waals surface area contributed by atoms with Gasteiger partial charge in [-0.05, 0) is 44.2 Å². The molecule has 4 heteroatoms. The van der Waals surface area contributed by atoms with Crippen LogP contribution in [-0.2, 0) is 10.2 Å². The highest BCUT2D eigenvalue weighted by atomic mass is 32.1. The number of thiophene rings is 2. The first-order valence-corrected chi connectivity index (χ1v) is 8.80. The van der Waals surface area contributed by atoms with Gasteiger partial charge in [0.25, 0.3) is 0 Å². The van der Waals surface area contributed by atoms with Gasteiger partial charge in [0.05, 0.1) is 0 Å². The zero-order chi connectivity index (χ0) is 15.3. The Bertz CT molecular complexity index is 834. The maximum absolute atomic E-state index is 13.1. The van der Waals surface area contributed by atoms with Crippen LogP contribution < -0.4 is 5.32 Å². The number of carbonyl (C=O) groups is 1. The summed E-state index contributed by atoms with van der Waals surface area (Å²) >= 11 is 3.40. The molecule has 2 aromatic heterocycles. The van der Waals surface area contributed by atoms with Gasteiger partial charge in [-0.15, -0.1) is 22.7 Å². The van der Waals surface area contributed by atoms with Crippen molar-refractivity contribution in [3.05, 3.63) is 73.6 Å². The molecular formula is C18H15NOS2. The van der Waals surface area contributed by atoms with Crippen molar-refractivity contribution in [1.82, 2.24) is 0 Å². The first kappa shape index (κ1) is 13.7. The summed E-state index contributed by atoms with van der Waals surface area (Å²) in [4.78, 5) is 17.7. The Hall–Kier alpha value is -1.91. The van der Waals surface area contributed by atoms with Gasteiger partial charge >= 0.3 is 0 Å². The molecule has 0 unspecified atom stereocenters. The third-order valence-electron chi connectivity index (χ3n) is 4.14. The number of benzene rings is 1. The second kappa shape index (κ2) is 4.80. The summed E-state index contributed by atoms with van der Waals surface area (Å²) in [6, 6.07) is 16.4. The van der Waals surface area contributed by atoms with Crippen LogP contribution in [0.3, 0.4) is 0 Å². The molecule has 3 heterocycles. The second-order valence-electron chi connectivity index (χ2n) is 5.57. The van der Waals surface area contributed by atoms with E-state index in [-0.39, 0.29) is 5.91 Å². The Kier molecular flexibility index (Phi) is 2.99. The van der Waals surface area contributed by atoms with Crippen molar-refractivity contribution in [3.63, 3.8) is 0 Å². The number of aryl methyl sites for hydroxylation is 2. The van der Waals surface area contributed by atoms with Gasteiger partial charge in [0.2, 0.25) is 5.91 Å². The molecular weight excluding hydrogens is 310 g/mol. The standard InChI is InChI=1S/C18H15NOS2/c1-11-7-9-15(21-11)18(16-10-8-12(2)22-16)13-5-3-4-6-14(13)19-17(18)20/h3-10H,1-2H3,(H,19,20). The lowest BCUT2D eigenvalue weighted by Gasteiger charge is -2.25. The zero-order valence-electron chi connectivity index (χ0n) is 12.3. The van der Waals surface area contributed by atoms with Crippen molar-refractivity contribution < 1.29 is 4.79 Å². The van der Waals surface area contributed by atoms with Crippen LogP contribution in [0.4, 0.5) is 5.69 Å². The fraction of sp³-hybridized carbons (Fsp3) is 0.167. The fourth-order valence-corrected chi connectivity index (χ4v) is 5.37. The van der Waals surface area contributed by atoms with E-state index >= 15 is 0 Å². The van der Waals surface area contributed by atoms with Crippen LogP contribution in [0.2, 0.25) is 0 Å². The molecule has 110 valence electrons. The molecule has 0 saturated heterocycles. The molecule has 1 aromatic carbocycles. The molecule has 0 saturated carbocycles. The number of anilines is 1. The minimum atomic E-state index is -0.700. The first-order valence-electron chi connectivity index (χ1n) is 7.17. The van der Waals surface area contributed by atoms with Crippen LogP contribution in [0.25, 0.3) is 0 Å². The van der Waals surface area contributed by atoms with E-state index in [0.717, 1.165) is 21.0 Å². The van der Waals surface area contributed by atoms with E-state index in [2.05, 4.69) is 49.5 Å². The van der Waals surface area contributed by atoms with E-state index in [9.17, 15) is 4.79 Å². The Morgan fingerprint density at radius 1 is 0.864 bits per heavy atom. The molecule has 0 atom stereocenters. The van der Waals surface area contributed by atoms with Crippen LogP contribution in [0.5, 0.6) is 0 Å². The Balaban J connectivity index is 2.08. The molecule has 3 aromatic rings. The maximum Gasteiger partial charge on any atom is 0.245 e. The molecule has 4 rings (SSSR count). The topological polar surface area (TPSA) is 29.1 Å². The predicted molar refractivity (Wildman–Crippen MR) is 93.1 cm³/mol. The highest BCUT2D eigenvalue weighted by Crippen LogP contribution is 2.51. The SMILES string of the molecule is Cc1ccc(C2(c3ccc(C)s3)C(=O)Nc3ccccc32)s1. The van der Waals surface area contributed by atoms with Gasteiger partial charge < -0.3 is 5.32 Å². The summed E-state index contributed by atoms with van der Waals surface area (Å²) in [6.45, 7) is 4.17. The molecule has 0 fully saturated rings. The number of hydrogen-bond donors (Lipinski definition) is 1. The first-order chi connectivity index (χ1) is 10.6. The smallest absolute Gasteiger partial charge is 0.245 e. The highest BCUT2D eigenvalue weighted by Gasteiger charge is 2.51. The molecule has 0 spiro atoms. The predicted octanol–water partition coefficient (Wildman–Crippen LogP) is 4.71.